The molecule has 0 fully saturated rings. The van der Waals surface area contributed by atoms with Gasteiger partial charge in [0.2, 0.25) is 0 Å². The van der Waals surface area contributed by atoms with Gasteiger partial charge in [0.05, 0.1) is 0 Å². The zero-order chi connectivity index (χ0) is 15.3. The first-order chi connectivity index (χ1) is 9.36. The quantitative estimate of drug-likeness (QED) is 0.846. The maximum Gasteiger partial charge on any atom is 0.326 e. The molecule has 0 aliphatic heterocycles. The highest BCUT2D eigenvalue weighted by Crippen LogP contribution is 2.16. The van der Waals surface area contributed by atoms with Gasteiger partial charge >= 0.3 is 5.97 Å². The summed E-state index contributed by atoms with van der Waals surface area (Å²) in [4.78, 5) is 23.5. The van der Waals surface area contributed by atoms with Gasteiger partial charge in [-0.2, -0.15) is 11.8 Å². The van der Waals surface area contributed by atoms with Crippen LogP contribution < -0.4 is 5.32 Å². The van der Waals surface area contributed by atoms with Crippen LogP contribution in [0.3, 0.4) is 0 Å². The molecule has 0 saturated carbocycles. The van der Waals surface area contributed by atoms with Crippen molar-refractivity contribution in [2.75, 3.05) is 12.0 Å². The number of carbonyl (C=O) groups is 2. The van der Waals surface area contributed by atoms with Crippen LogP contribution in [0.2, 0.25) is 0 Å². The summed E-state index contributed by atoms with van der Waals surface area (Å²) in [7, 11) is 0. The van der Waals surface area contributed by atoms with Crippen LogP contribution >= 0.6 is 11.8 Å². The second-order valence-electron chi connectivity index (χ2n) is 4.92. The Kier molecular flexibility index (Phi) is 6.07. The van der Waals surface area contributed by atoms with Crippen LogP contribution in [0, 0.1) is 20.8 Å². The molecule has 0 aliphatic carbocycles. The van der Waals surface area contributed by atoms with Crippen LogP contribution in [0.25, 0.3) is 0 Å². The molecule has 2 N–H and O–H groups in total. The van der Waals surface area contributed by atoms with Crippen molar-refractivity contribution in [2.45, 2.75) is 33.2 Å². The lowest BCUT2D eigenvalue weighted by Crippen LogP contribution is -2.41. The zero-order valence-electron chi connectivity index (χ0n) is 12.3. The molecule has 1 aromatic rings. The maximum atomic E-state index is 12.3. The first kappa shape index (κ1) is 16.6. The van der Waals surface area contributed by atoms with Crippen LogP contribution in [-0.4, -0.2) is 35.0 Å². The molecule has 0 bridgehead atoms. The molecule has 4 nitrogen and oxygen atoms in total. The number of benzene rings is 1. The summed E-state index contributed by atoms with van der Waals surface area (Å²) in [5, 5.41) is 11.8. The number of thioether (sulfide) groups is 1. The number of rotatable bonds is 6. The fourth-order valence-corrected chi connectivity index (χ4v) is 2.73. The maximum absolute atomic E-state index is 12.3. The Hall–Kier alpha value is -1.49. The number of aliphatic carboxylic acids is 1. The van der Waals surface area contributed by atoms with Gasteiger partial charge in [-0.1, -0.05) is 17.7 Å². The van der Waals surface area contributed by atoms with Gasteiger partial charge in [0.25, 0.3) is 5.91 Å². The molecule has 0 aromatic heterocycles. The van der Waals surface area contributed by atoms with Gasteiger partial charge in [0.15, 0.2) is 0 Å². The number of aryl methyl sites for hydroxylation is 3. The van der Waals surface area contributed by atoms with E-state index in [0.717, 1.165) is 16.7 Å². The first-order valence-electron chi connectivity index (χ1n) is 6.47. The molecule has 1 atom stereocenters. The van der Waals surface area contributed by atoms with Gasteiger partial charge < -0.3 is 10.4 Å². The topological polar surface area (TPSA) is 66.4 Å². The summed E-state index contributed by atoms with van der Waals surface area (Å²) in [6, 6.07) is 3.02. The largest absolute Gasteiger partial charge is 0.480 e. The van der Waals surface area contributed by atoms with E-state index in [1.54, 1.807) is 11.8 Å². The van der Waals surface area contributed by atoms with E-state index in [4.69, 9.17) is 5.11 Å². The van der Waals surface area contributed by atoms with Crippen molar-refractivity contribution in [1.82, 2.24) is 5.32 Å². The van der Waals surface area contributed by atoms with E-state index < -0.39 is 12.0 Å². The van der Waals surface area contributed by atoms with E-state index in [0.29, 0.717) is 17.7 Å². The number of carbonyl (C=O) groups excluding carboxylic acids is 1. The summed E-state index contributed by atoms with van der Waals surface area (Å²) < 4.78 is 0. The van der Waals surface area contributed by atoms with E-state index in [2.05, 4.69) is 5.32 Å². The average molecular weight is 295 g/mol. The summed E-state index contributed by atoms with van der Waals surface area (Å²) in [5.41, 5.74) is 3.41. The standard InChI is InChI=1S/C15H21NO3S/c1-9-7-10(2)13(11(3)8-9)14(17)16-12(15(18)19)5-6-20-4/h7-8,12H,5-6H2,1-4H3,(H,16,17)(H,18,19)/t12-/m0/s1. The van der Waals surface area contributed by atoms with Gasteiger partial charge in [0, 0.05) is 5.56 Å². The molecule has 0 aliphatic rings. The Bertz CT molecular complexity index is 491. The highest BCUT2D eigenvalue weighted by Gasteiger charge is 2.22. The third-order valence-electron chi connectivity index (χ3n) is 3.12. The number of hydrogen-bond donors (Lipinski definition) is 2. The van der Waals surface area contributed by atoms with Crippen molar-refractivity contribution < 1.29 is 14.7 Å². The second-order valence-corrected chi connectivity index (χ2v) is 5.91. The Morgan fingerprint density at radius 3 is 2.25 bits per heavy atom. The van der Waals surface area contributed by atoms with Crippen molar-refractivity contribution in [1.29, 1.82) is 0 Å². The van der Waals surface area contributed by atoms with Crippen molar-refractivity contribution in [3.63, 3.8) is 0 Å². The van der Waals surface area contributed by atoms with Crippen LogP contribution in [0.4, 0.5) is 0 Å². The molecule has 0 heterocycles. The molecule has 0 radical (unpaired) electrons. The minimum absolute atomic E-state index is 0.312. The van der Waals surface area contributed by atoms with Crippen LogP contribution in [0.1, 0.15) is 33.5 Å². The van der Waals surface area contributed by atoms with Crippen LogP contribution in [-0.2, 0) is 4.79 Å². The van der Waals surface area contributed by atoms with Crippen molar-refractivity contribution in [2.24, 2.45) is 0 Å². The molecule has 20 heavy (non-hydrogen) atoms. The van der Waals surface area contributed by atoms with Crippen molar-refractivity contribution >= 4 is 23.6 Å². The second kappa shape index (κ2) is 7.33. The third kappa shape index (κ3) is 4.27. The van der Waals surface area contributed by atoms with Gasteiger partial charge in [-0.25, -0.2) is 4.79 Å². The van der Waals surface area contributed by atoms with E-state index in [-0.39, 0.29) is 5.91 Å². The molecule has 0 spiro atoms. The smallest absolute Gasteiger partial charge is 0.326 e. The minimum Gasteiger partial charge on any atom is -0.480 e. The van der Waals surface area contributed by atoms with E-state index >= 15 is 0 Å². The predicted molar refractivity (Wildman–Crippen MR) is 82.5 cm³/mol. The highest BCUT2D eigenvalue weighted by molar-refractivity contribution is 7.98. The van der Waals surface area contributed by atoms with Gasteiger partial charge in [0.1, 0.15) is 6.04 Å². The Balaban J connectivity index is 2.92. The molecule has 0 unspecified atom stereocenters. The van der Waals surface area contributed by atoms with Crippen molar-refractivity contribution in [3.05, 3.63) is 34.4 Å². The normalized spacial score (nSPS) is 12.0. The first-order valence-corrected chi connectivity index (χ1v) is 7.86. The lowest BCUT2D eigenvalue weighted by atomic mass is 9.99. The van der Waals surface area contributed by atoms with Gasteiger partial charge in [-0.3, -0.25) is 4.79 Å². The molecule has 110 valence electrons. The molecular weight excluding hydrogens is 274 g/mol. The van der Waals surface area contributed by atoms with E-state index in [1.165, 1.54) is 0 Å². The van der Waals surface area contributed by atoms with Crippen LogP contribution in [0.5, 0.6) is 0 Å². The Labute approximate surface area is 124 Å². The van der Waals surface area contributed by atoms with Crippen molar-refractivity contribution in [3.8, 4) is 0 Å². The SMILES string of the molecule is CSCC[C@H](NC(=O)c1c(C)cc(C)cc1C)C(=O)O. The number of nitrogens with one attached hydrogen (secondary N) is 1. The number of carboxylic acid groups (broad SMARTS) is 1. The lowest BCUT2D eigenvalue weighted by molar-refractivity contribution is -0.139. The molecule has 0 saturated heterocycles. The molecule has 1 amide bonds. The van der Waals surface area contributed by atoms with Gasteiger partial charge in [-0.15, -0.1) is 0 Å². The van der Waals surface area contributed by atoms with E-state index in [9.17, 15) is 9.59 Å². The van der Waals surface area contributed by atoms with Gasteiger partial charge in [-0.05, 0) is 50.3 Å². The summed E-state index contributed by atoms with van der Waals surface area (Å²) in [6.07, 6.45) is 2.33. The molecular formula is C15H21NO3S. The predicted octanol–water partition coefficient (Wildman–Crippen LogP) is 2.55. The minimum atomic E-state index is -0.991. The summed E-state index contributed by atoms with van der Waals surface area (Å²) >= 11 is 1.56. The Morgan fingerprint density at radius 1 is 1.25 bits per heavy atom. The average Bonchev–Trinajstić information content (AvgIpc) is 2.32. The third-order valence-corrected chi connectivity index (χ3v) is 3.76. The molecule has 1 aromatic carbocycles. The van der Waals surface area contributed by atoms with Crippen LogP contribution in [0.15, 0.2) is 12.1 Å². The fourth-order valence-electron chi connectivity index (χ4n) is 2.26. The monoisotopic (exact) mass is 295 g/mol. The molecule has 5 heteroatoms. The lowest BCUT2D eigenvalue weighted by Gasteiger charge is -2.16. The molecule has 1 rings (SSSR count). The highest BCUT2D eigenvalue weighted by atomic mass is 32.2. The zero-order valence-corrected chi connectivity index (χ0v) is 13.1. The summed E-state index contributed by atoms with van der Waals surface area (Å²) in [6.45, 7) is 5.71. The number of carboxylic acids is 1. The Morgan fingerprint density at radius 2 is 1.80 bits per heavy atom. The summed E-state index contributed by atoms with van der Waals surface area (Å²) in [5.74, 6) is -0.605. The fraction of sp³-hybridized carbons (Fsp3) is 0.467. The number of hydrogen-bond acceptors (Lipinski definition) is 3. The number of amides is 1. The van der Waals surface area contributed by atoms with E-state index in [1.807, 2.05) is 39.2 Å².